The van der Waals surface area contributed by atoms with Gasteiger partial charge >= 0.3 is 18.2 Å². The molecule has 0 atom stereocenters. The van der Waals surface area contributed by atoms with Crippen molar-refractivity contribution in [2.24, 2.45) is 4.99 Å². The molecule has 3 amide bonds. The summed E-state index contributed by atoms with van der Waals surface area (Å²) in [5.41, 5.74) is -0.282. The molecule has 0 unspecified atom stereocenters. The number of aliphatic imine (C=N–C) groups is 1. The third kappa shape index (κ3) is 11.7. The SMILES string of the molecule is CCOC(=O)c1ncsc1NS(=O)(=O)c1ccc(NC(=O)CN=C(NC(=O)OC(C)(C)C)NC(=O)OC(C)(C)C)cc1. The molecule has 0 aliphatic carbocycles. The van der Waals surface area contributed by atoms with Crippen molar-refractivity contribution in [3.05, 3.63) is 35.5 Å². The number of guanidine groups is 1. The molecule has 0 radical (unpaired) electrons. The lowest BCUT2D eigenvalue weighted by atomic mass is 10.2. The minimum Gasteiger partial charge on any atom is -0.461 e. The number of aromatic nitrogens is 1. The summed E-state index contributed by atoms with van der Waals surface area (Å²) in [6, 6.07) is 5.17. The standard InChI is InChI=1S/C25H34N6O9S2/c1-8-38-20(33)18-19(41-14-27-18)31-42(36,37)16-11-9-15(10-12-16)28-17(32)13-26-21(29-22(34)39-24(2,3)4)30-23(35)40-25(5,6)7/h9-12,14,31H,8,13H2,1-7H3,(H,28,32)(H2,26,29,30,34,35). The van der Waals surface area contributed by atoms with E-state index in [1.54, 1.807) is 48.5 Å². The molecule has 0 bridgehead atoms. The largest absolute Gasteiger partial charge is 0.461 e. The van der Waals surface area contributed by atoms with Gasteiger partial charge in [0.05, 0.1) is 17.0 Å². The van der Waals surface area contributed by atoms with Crippen LogP contribution in [-0.4, -0.2) is 67.8 Å². The van der Waals surface area contributed by atoms with Crippen molar-refractivity contribution in [2.75, 3.05) is 23.2 Å². The van der Waals surface area contributed by atoms with E-state index in [0.29, 0.717) is 0 Å². The Morgan fingerprint density at radius 1 is 0.929 bits per heavy atom. The van der Waals surface area contributed by atoms with Gasteiger partial charge in [-0.3, -0.25) is 20.2 Å². The van der Waals surface area contributed by atoms with Crippen molar-refractivity contribution in [1.29, 1.82) is 0 Å². The first-order valence-corrected chi connectivity index (χ1v) is 14.8. The van der Waals surface area contributed by atoms with E-state index in [1.165, 1.54) is 29.8 Å². The number of benzene rings is 1. The monoisotopic (exact) mass is 626 g/mol. The second-order valence-electron chi connectivity index (χ2n) is 10.3. The van der Waals surface area contributed by atoms with Gasteiger partial charge in [0, 0.05) is 5.69 Å². The summed E-state index contributed by atoms with van der Waals surface area (Å²) in [4.78, 5) is 56.5. The van der Waals surface area contributed by atoms with Gasteiger partial charge in [-0.2, -0.15) is 0 Å². The lowest BCUT2D eigenvalue weighted by Gasteiger charge is -2.22. The van der Waals surface area contributed by atoms with Gasteiger partial charge in [-0.15, -0.1) is 11.3 Å². The molecule has 15 nitrogen and oxygen atoms in total. The number of rotatable bonds is 8. The molecule has 17 heteroatoms. The van der Waals surface area contributed by atoms with Crippen LogP contribution >= 0.6 is 11.3 Å². The highest BCUT2D eigenvalue weighted by atomic mass is 32.2. The number of nitrogens with zero attached hydrogens (tertiary/aromatic N) is 2. The van der Waals surface area contributed by atoms with Crippen LogP contribution < -0.4 is 20.7 Å². The summed E-state index contributed by atoms with van der Waals surface area (Å²) in [6.07, 6.45) is -1.84. The average Bonchev–Trinajstić information content (AvgIpc) is 3.28. The fraction of sp³-hybridized carbons (Fsp3) is 0.440. The predicted molar refractivity (Wildman–Crippen MR) is 155 cm³/mol. The van der Waals surface area contributed by atoms with Gasteiger partial charge in [-0.1, -0.05) is 0 Å². The number of ether oxygens (including phenoxy) is 3. The summed E-state index contributed by atoms with van der Waals surface area (Å²) < 4.78 is 43.1. The summed E-state index contributed by atoms with van der Waals surface area (Å²) in [5, 5.41) is 7.04. The Hall–Kier alpha value is -4.25. The fourth-order valence-electron chi connectivity index (χ4n) is 2.82. The van der Waals surface area contributed by atoms with E-state index < -0.39 is 51.8 Å². The first-order valence-electron chi connectivity index (χ1n) is 12.5. The van der Waals surface area contributed by atoms with E-state index in [-0.39, 0.29) is 33.8 Å². The molecule has 1 heterocycles. The Labute approximate surface area is 247 Å². The molecule has 4 N–H and O–H groups in total. The maximum absolute atomic E-state index is 12.8. The smallest absolute Gasteiger partial charge is 0.414 e. The molecule has 0 saturated carbocycles. The topological polar surface area (TPSA) is 203 Å². The van der Waals surface area contributed by atoms with Crippen molar-refractivity contribution in [3.8, 4) is 0 Å². The third-order valence-corrected chi connectivity index (χ3v) is 6.57. The molecule has 1 aromatic carbocycles. The van der Waals surface area contributed by atoms with E-state index >= 15 is 0 Å². The number of nitrogens with one attached hydrogen (secondary N) is 4. The van der Waals surface area contributed by atoms with Gasteiger partial charge < -0.3 is 19.5 Å². The average molecular weight is 627 g/mol. The Bertz CT molecular complexity index is 1390. The zero-order valence-electron chi connectivity index (χ0n) is 24.2. The van der Waals surface area contributed by atoms with E-state index in [4.69, 9.17) is 14.2 Å². The molecule has 0 spiro atoms. The lowest BCUT2D eigenvalue weighted by Crippen LogP contribution is -2.47. The van der Waals surface area contributed by atoms with Gasteiger partial charge in [-0.05, 0) is 72.7 Å². The molecule has 0 aliphatic heterocycles. The van der Waals surface area contributed by atoms with Crippen LogP contribution in [0.2, 0.25) is 0 Å². The highest BCUT2D eigenvalue weighted by Crippen LogP contribution is 2.25. The summed E-state index contributed by atoms with van der Waals surface area (Å²) in [6.45, 7) is 11.0. The zero-order valence-corrected chi connectivity index (χ0v) is 25.8. The number of hydrogen-bond acceptors (Lipinski definition) is 12. The highest BCUT2D eigenvalue weighted by Gasteiger charge is 2.23. The number of alkyl carbamates (subject to hydrolysis) is 2. The summed E-state index contributed by atoms with van der Waals surface area (Å²) in [5.74, 6) is -1.80. The number of thiazole rings is 1. The van der Waals surface area contributed by atoms with E-state index in [9.17, 15) is 27.6 Å². The highest BCUT2D eigenvalue weighted by molar-refractivity contribution is 7.93. The normalized spacial score (nSPS) is 11.5. The number of hydrogen-bond donors (Lipinski definition) is 4. The van der Waals surface area contributed by atoms with Gasteiger partial charge in [0.2, 0.25) is 11.9 Å². The predicted octanol–water partition coefficient (Wildman–Crippen LogP) is 3.46. The molecule has 2 aromatic rings. The van der Waals surface area contributed by atoms with Gasteiger partial charge in [0.25, 0.3) is 10.0 Å². The lowest BCUT2D eigenvalue weighted by molar-refractivity contribution is -0.114. The molecule has 230 valence electrons. The molecule has 0 fully saturated rings. The Balaban J connectivity index is 2.09. The van der Waals surface area contributed by atoms with Crippen LogP contribution in [0.1, 0.15) is 59.0 Å². The van der Waals surface area contributed by atoms with E-state index in [0.717, 1.165) is 11.3 Å². The summed E-state index contributed by atoms with van der Waals surface area (Å²) in [7, 11) is -4.10. The number of carbonyl (C=O) groups excluding carboxylic acids is 4. The second kappa shape index (κ2) is 14.1. The first-order chi connectivity index (χ1) is 19.4. The maximum atomic E-state index is 12.8. The Kier molecular flexibility index (Phi) is 11.4. The number of anilines is 2. The van der Waals surface area contributed by atoms with Crippen LogP contribution in [0, 0.1) is 0 Å². The van der Waals surface area contributed by atoms with Crippen LogP contribution in [0.5, 0.6) is 0 Å². The fourth-order valence-corrected chi connectivity index (χ4v) is 4.81. The van der Waals surface area contributed by atoms with E-state index in [1.807, 2.05) is 0 Å². The van der Waals surface area contributed by atoms with Crippen LogP contribution in [0.15, 0.2) is 39.7 Å². The minimum atomic E-state index is -4.10. The molecule has 2 rings (SSSR count). The molecule has 0 aliphatic rings. The van der Waals surface area contributed by atoms with E-state index in [2.05, 4.69) is 30.6 Å². The molecular weight excluding hydrogens is 592 g/mol. The first kappa shape index (κ1) is 34.0. The number of esters is 1. The van der Waals surface area contributed by atoms with Crippen LogP contribution in [-0.2, 0) is 29.0 Å². The minimum absolute atomic E-state index is 0.000484. The molecule has 1 aromatic heterocycles. The van der Waals surface area contributed by atoms with Crippen LogP contribution in [0.25, 0.3) is 0 Å². The van der Waals surface area contributed by atoms with Gasteiger partial charge in [0.15, 0.2) is 5.69 Å². The number of amides is 3. The number of carbonyl (C=O) groups is 4. The van der Waals surface area contributed by atoms with Gasteiger partial charge in [0.1, 0.15) is 22.7 Å². The van der Waals surface area contributed by atoms with Crippen LogP contribution in [0.4, 0.5) is 20.3 Å². The second-order valence-corrected chi connectivity index (χ2v) is 12.9. The molecule has 42 heavy (non-hydrogen) atoms. The molecule has 0 saturated heterocycles. The van der Waals surface area contributed by atoms with Crippen molar-refractivity contribution < 1.29 is 41.8 Å². The van der Waals surface area contributed by atoms with Gasteiger partial charge in [-0.25, -0.2) is 32.8 Å². The van der Waals surface area contributed by atoms with Crippen molar-refractivity contribution in [1.82, 2.24) is 15.6 Å². The Morgan fingerprint density at radius 2 is 1.48 bits per heavy atom. The third-order valence-electron chi connectivity index (χ3n) is 4.33. The maximum Gasteiger partial charge on any atom is 0.414 e. The quantitative estimate of drug-likeness (QED) is 0.145. The van der Waals surface area contributed by atoms with Crippen molar-refractivity contribution in [2.45, 2.75) is 64.6 Å². The van der Waals surface area contributed by atoms with Crippen molar-refractivity contribution in [3.63, 3.8) is 0 Å². The molecular formula is C25H34N6O9S2. The summed E-state index contributed by atoms with van der Waals surface area (Å²) >= 11 is 0.917. The number of sulfonamides is 1. The van der Waals surface area contributed by atoms with Crippen LogP contribution in [0.3, 0.4) is 0 Å². The Morgan fingerprint density at radius 3 is 1.98 bits per heavy atom. The van der Waals surface area contributed by atoms with Crippen molar-refractivity contribution >= 4 is 62.1 Å². The zero-order chi connectivity index (χ0) is 31.7.